The molecule has 0 saturated carbocycles. The van der Waals surface area contributed by atoms with E-state index in [0.717, 1.165) is 5.56 Å². The van der Waals surface area contributed by atoms with Crippen LogP contribution in [0.1, 0.15) is 12.0 Å². The van der Waals surface area contributed by atoms with E-state index in [4.69, 9.17) is 5.53 Å². The third-order valence-electron chi connectivity index (χ3n) is 2.11. The predicted octanol–water partition coefficient (Wildman–Crippen LogP) is 0.861. The van der Waals surface area contributed by atoms with Crippen LogP contribution in [0.15, 0.2) is 30.3 Å². The Bertz CT molecular complexity index is 531. The summed E-state index contributed by atoms with van der Waals surface area (Å²) in [4.78, 5) is 13.8. The van der Waals surface area contributed by atoms with E-state index in [0.29, 0.717) is 12.0 Å². The zero-order valence-corrected chi connectivity index (χ0v) is 9.93. The number of aryl methyl sites for hydroxylation is 1. The van der Waals surface area contributed by atoms with Crippen LogP contribution in [0.5, 0.6) is 0 Å². The molecule has 0 aliphatic rings. The van der Waals surface area contributed by atoms with Crippen LogP contribution in [0.25, 0.3) is 5.53 Å². The topological polar surface area (TPSA) is 87.6 Å². The second kappa shape index (κ2) is 6.08. The van der Waals surface area contributed by atoms with E-state index < -0.39 is 21.4 Å². The van der Waals surface area contributed by atoms with Gasteiger partial charge in [0.25, 0.3) is 9.84 Å². The standard InChI is InChI=1S/C11H12N2O3S/c12-13-9-17(15,16)8-11(14)7-6-10-4-2-1-3-5-10/h1-5,9H,6-8H2. The minimum absolute atomic E-state index is 0.155. The van der Waals surface area contributed by atoms with E-state index in [9.17, 15) is 13.2 Å². The average molecular weight is 252 g/mol. The molecule has 0 amide bonds. The quantitative estimate of drug-likeness (QED) is 0.325. The van der Waals surface area contributed by atoms with Crippen molar-refractivity contribution >= 4 is 21.2 Å². The first-order valence-corrected chi connectivity index (χ1v) is 6.71. The Morgan fingerprint density at radius 2 is 1.94 bits per heavy atom. The normalized spacial score (nSPS) is 10.6. The summed E-state index contributed by atoms with van der Waals surface area (Å²) in [6.07, 6.45) is 0.661. The highest BCUT2D eigenvalue weighted by Crippen LogP contribution is 2.03. The van der Waals surface area contributed by atoms with Gasteiger partial charge in [0.2, 0.25) is 0 Å². The SMILES string of the molecule is [N-]=[N+]=CS(=O)(=O)CC(=O)CCc1ccccc1. The Morgan fingerprint density at radius 1 is 1.29 bits per heavy atom. The van der Waals surface area contributed by atoms with Gasteiger partial charge in [0.1, 0.15) is 11.5 Å². The molecule has 0 spiro atoms. The smallest absolute Gasteiger partial charge is 0.361 e. The highest BCUT2D eigenvalue weighted by Gasteiger charge is 2.17. The number of rotatable bonds is 6. The summed E-state index contributed by atoms with van der Waals surface area (Å²) in [7, 11) is -3.73. The van der Waals surface area contributed by atoms with Crippen molar-refractivity contribution in [1.82, 2.24) is 0 Å². The third kappa shape index (κ3) is 5.19. The summed E-state index contributed by atoms with van der Waals surface area (Å²) in [5.74, 6) is -1.02. The number of hydrogen-bond acceptors (Lipinski definition) is 3. The van der Waals surface area contributed by atoms with Crippen molar-refractivity contribution in [1.29, 1.82) is 0 Å². The number of hydrogen-bond donors (Lipinski definition) is 0. The molecule has 0 unspecified atom stereocenters. The van der Waals surface area contributed by atoms with Crippen molar-refractivity contribution in [2.24, 2.45) is 0 Å². The van der Waals surface area contributed by atoms with Gasteiger partial charge in [0, 0.05) is 6.42 Å². The molecule has 1 aromatic rings. The molecule has 0 atom stereocenters. The van der Waals surface area contributed by atoms with Gasteiger partial charge in [-0.15, -0.1) is 0 Å². The zero-order valence-electron chi connectivity index (χ0n) is 9.11. The molecule has 0 aliphatic heterocycles. The van der Waals surface area contributed by atoms with Crippen molar-refractivity contribution in [3.63, 3.8) is 0 Å². The number of ketones is 1. The average Bonchev–Trinajstić information content (AvgIpc) is 2.27. The lowest BCUT2D eigenvalue weighted by Gasteiger charge is -1.99. The minimum Gasteiger partial charge on any atom is -0.361 e. The summed E-state index contributed by atoms with van der Waals surface area (Å²) in [6, 6.07) is 9.32. The molecular weight excluding hydrogens is 240 g/mol. The van der Waals surface area contributed by atoms with E-state index >= 15 is 0 Å². The summed E-state index contributed by atoms with van der Waals surface area (Å²) >= 11 is 0. The maximum Gasteiger partial charge on any atom is 0.370 e. The zero-order chi connectivity index (χ0) is 12.7. The van der Waals surface area contributed by atoms with Crippen LogP contribution < -0.4 is 0 Å². The second-order valence-electron chi connectivity index (χ2n) is 3.55. The molecule has 0 bridgehead atoms. The monoisotopic (exact) mass is 252 g/mol. The number of Topliss-reactive ketones (excluding diaryl/α,β-unsaturated/α-hetero) is 1. The highest BCUT2D eigenvalue weighted by molar-refractivity contribution is 8.04. The van der Waals surface area contributed by atoms with Crippen LogP contribution in [0.2, 0.25) is 0 Å². The fourth-order valence-corrected chi connectivity index (χ4v) is 2.15. The Morgan fingerprint density at radius 3 is 2.53 bits per heavy atom. The Hall–Kier alpha value is -1.78. The van der Waals surface area contributed by atoms with E-state index in [-0.39, 0.29) is 6.42 Å². The van der Waals surface area contributed by atoms with Crippen molar-refractivity contribution in [2.75, 3.05) is 5.75 Å². The summed E-state index contributed by atoms with van der Waals surface area (Å²) in [5.41, 5.74) is 9.46. The van der Waals surface area contributed by atoms with Gasteiger partial charge in [-0.25, -0.2) is 8.42 Å². The van der Waals surface area contributed by atoms with Crippen LogP contribution >= 0.6 is 0 Å². The van der Waals surface area contributed by atoms with Crippen LogP contribution in [-0.4, -0.2) is 30.3 Å². The molecule has 1 aromatic carbocycles. The Balaban J connectivity index is 2.49. The number of benzene rings is 1. The van der Waals surface area contributed by atoms with Crippen molar-refractivity contribution < 1.29 is 18.0 Å². The number of carbonyl (C=O) groups is 1. The summed E-state index contributed by atoms with van der Waals surface area (Å²) < 4.78 is 22.2. The van der Waals surface area contributed by atoms with Crippen molar-refractivity contribution in [2.45, 2.75) is 12.8 Å². The molecule has 0 N–H and O–H groups in total. The molecule has 0 aromatic heterocycles. The summed E-state index contributed by atoms with van der Waals surface area (Å²) in [5, 5.41) is 0. The predicted molar refractivity (Wildman–Crippen MR) is 63.2 cm³/mol. The van der Waals surface area contributed by atoms with Gasteiger partial charge in [0.05, 0.1) is 0 Å². The number of sulfone groups is 1. The third-order valence-corrected chi connectivity index (χ3v) is 3.25. The molecule has 0 heterocycles. The lowest BCUT2D eigenvalue weighted by atomic mass is 10.1. The lowest BCUT2D eigenvalue weighted by Crippen LogP contribution is -2.17. The Kier molecular flexibility index (Phi) is 4.75. The fraction of sp³-hybridized carbons (Fsp3) is 0.273. The van der Waals surface area contributed by atoms with E-state index in [2.05, 4.69) is 4.79 Å². The Labute approximate surface area is 99.6 Å². The largest absolute Gasteiger partial charge is 0.370 e. The molecule has 17 heavy (non-hydrogen) atoms. The van der Waals surface area contributed by atoms with Crippen molar-refractivity contribution in [3.8, 4) is 0 Å². The molecule has 6 heteroatoms. The second-order valence-corrected chi connectivity index (χ2v) is 5.38. The summed E-state index contributed by atoms with van der Waals surface area (Å²) in [6.45, 7) is 0. The molecule has 0 radical (unpaired) electrons. The first-order chi connectivity index (χ1) is 8.03. The van der Waals surface area contributed by atoms with Gasteiger partial charge >= 0.3 is 5.55 Å². The van der Waals surface area contributed by atoms with Gasteiger partial charge in [-0.2, -0.15) is 4.79 Å². The van der Waals surface area contributed by atoms with E-state index in [1.54, 1.807) is 0 Å². The van der Waals surface area contributed by atoms with Crippen LogP contribution in [-0.2, 0) is 21.1 Å². The van der Waals surface area contributed by atoms with Gasteiger partial charge in [0.15, 0.2) is 0 Å². The molecule has 1 rings (SSSR count). The maximum atomic E-state index is 11.4. The lowest BCUT2D eigenvalue weighted by molar-refractivity contribution is -0.116. The fourth-order valence-electron chi connectivity index (χ4n) is 1.33. The minimum atomic E-state index is -3.73. The van der Waals surface area contributed by atoms with Gasteiger partial charge in [-0.05, 0) is 12.0 Å². The molecular formula is C11H12N2O3S. The van der Waals surface area contributed by atoms with Gasteiger partial charge in [-0.1, -0.05) is 30.3 Å². The first kappa shape index (κ1) is 13.3. The number of nitrogens with zero attached hydrogens (tertiary/aromatic N) is 2. The molecule has 0 fully saturated rings. The van der Waals surface area contributed by atoms with Gasteiger partial charge in [-0.3, -0.25) is 4.79 Å². The van der Waals surface area contributed by atoms with E-state index in [1.165, 1.54) is 0 Å². The molecule has 0 aliphatic carbocycles. The maximum absolute atomic E-state index is 11.4. The van der Waals surface area contributed by atoms with Crippen LogP contribution in [0, 0.1) is 0 Å². The number of carbonyl (C=O) groups excluding carboxylic acids is 1. The van der Waals surface area contributed by atoms with E-state index in [1.807, 2.05) is 30.3 Å². The highest BCUT2D eigenvalue weighted by atomic mass is 32.2. The first-order valence-electron chi connectivity index (χ1n) is 4.99. The van der Waals surface area contributed by atoms with Crippen molar-refractivity contribution in [3.05, 3.63) is 41.4 Å². The molecule has 5 nitrogen and oxygen atoms in total. The van der Waals surface area contributed by atoms with Crippen LogP contribution in [0.4, 0.5) is 0 Å². The van der Waals surface area contributed by atoms with Gasteiger partial charge < -0.3 is 5.53 Å². The molecule has 0 saturated heterocycles. The van der Waals surface area contributed by atoms with Crippen LogP contribution in [0.3, 0.4) is 0 Å². The molecule has 90 valence electrons.